The zero-order chi connectivity index (χ0) is 21.8. The lowest BCUT2D eigenvalue weighted by molar-refractivity contribution is 0.174. The van der Waals surface area contributed by atoms with Gasteiger partial charge in [-0.25, -0.2) is 9.37 Å². The molecule has 162 valence electrons. The standard InChI is InChI=1S/C22H20FN7O2/c1-28-4-6-29(7-5-28)14-10-15(23)20-16(11-14)25-19(30-21(20)26-22(24)27-30)9-13-2-3-17-18(8-13)32-12-31-17/h2-3,8,10-11H,4-7,9,12H2,1H3. The number of aromatic nitrogens is 4. The van der Waals surface area contributed by atoms with Gasteiger partial charge in [-0.15, -0.1) is 10.8 Å². The van der Waals surface area contributed by atoms with Gasteiger partial charge in [-0.05, 0) is 36.9 Å². The first-order chi connectivity index (χ1) is 15.5. The van der Waals surface area contributed by atoms with Gasteiger partial charge in [0.1, 0.15) is 11.6 Å². The van der Waals surface area contributed by atoms with Gasteiger partial charge in [0.25, 0.3) is 5.95 Å². The molecular weight excluding hydrogens is 413 g/mol. The Kier molecular flexibility index (Phi) is 4.29. The normalized spacial score (nSPS) is 16.4. The number of halogens is 1. The number of piperazine rings is 1. The molecule has 0 N–H and O–H groups in total. The predicted octanol–water partition coefficient (Wildman–Crippen LogP) is 2.19. The summed E-state index contributed by atoms with van der Waals surface area (Å²) in [6.45, 7) is 3.67. The maximum atomic E-state index is 15.3. The van der Waals surface area contributed by atoms with Crippen LogP contribution >= 0.6 is 0 Å². The number of likely N-dealkylation sites (N-methyl/N-ethyl adjacent to an activating group) is 1. The Morgan fingerprint density at radius 3 is 2.69 bits per heavy atom. The highest BCUT2D eigenvalue weighted by molar-refractivity contribution is 5.94. The summed E-state index contributed by atoms with van der Waals surface area (Å²) >= 11 is 0. The van der Waals surface area contributed by atoms with Crippen molar-refractivity contribution in [2.75, 3.05) is 44.9 Å². The molecule has 0 aliphatic carbocycles. The predicted molar refractivity (Wildman–Crippen MR) is 115 cm³/mol. The summed E-state index contributed by atoms with van der Waals surface area (Å²) in [6, 6.07) is 9.05. The molecule has 1 saturated heterocycles. The summed E-state index contributed by atoms with van der Waals surface area (Å²) < 4.78 is 27.5. The quantitative estimate of drug-likeness (QED) is 0.489. The van der Waals surface area contributed by atoms with E-state index in [1.807, 2.05) is 24.3 Å². The summed E-state index contributed by atoms with van der Waals surface area (Å²) in [5.41, 5.74) is 12.4. The Balaban J connectivity index is 1.46. The number of hydrogen-bond acceptors (Lipinski definition) is 7. The molecule has 9 nitrogen and oxygen atoms in total. The molecule has 32 heavy (non-hydrogen) atoms. The van der Waals surface area contributed by atoms with Crippen molar-refractivity contribution in [1.29, 1.82) is 0 Å². The first-order valence-electron chi connectivity index (χ1n) is 10.4. The fourth-order valence-corrected chi connectivity index (χ4v) is 4.31. The van der Waals surface area contributed by atoms with E-state index in [4.69, 9.17) is 14.5 Å². The first kappa shape index (κ1) is 19.1. The minimum absolute atomic E-state index is 0.197. The Bertz CT molecular complexity index is 1350. The van der Waals surface area contributed by atoms with Gasteiger partial charge in [-0.3, -0.25) is 0 Å². The van der Waals surface area contributed by atoms with Gasteiger partial charge in [0, 0.05) is 38.3 Å². The van der Waals surface area contributed by atoms with E-state index in [0.29, 0.717) is 29.3 Å². The molecule has 0 atom stereocenters. The molecule has 2 radical (unpaired) electrons. The maximum absolute atomic E-state index is 15.3. The number of fused-ring (bicyclic) bond motifs is 4. The van der Waals surface area contributed by atoms with Crippen LogP contribution in [0.25, 0.3) is 16.6 Å². The van der Waals surface area contributed by atoms with Crippen molar-refractivity contribution < 1.29 is 13.9 Å². The van der Waals surface area contributed by atoms with Gasteiger partial charge < -0.3 is 19.3 Å². The van der Waals surface area contributed by atoms with E-state index in [9.17, 15) is 5.73 Å². The Labute approximate surface area is 183 Å². The van der Waals surface area contributed by atoms with Crippen LogP contribution in [0.1, 0.15) is 11.4 Å². The van der Waals surface area contributed by atoms with Crippen LogP contribution < -0.4 is 20.1 Å². The van der Waals surface area contributed by atoms with Crippen LogP contribution in [0.5, 0.6) is 11.5 Å². The molecule has 10 heteroatoms. The highest BCUT2D eigenvalue weighted by atomic mass is 19.1. The minimum atomic E-state index is -0.434. The monoisotopic (exact) mass is 433 g/mol. The molecule has 0 unspecified atom stereocenters. The molecule has 2 aliphatic heterocycles. The van der Waals surface area contributed by atoms with Gasteiger partial charge in [0.05, 0.1) is 10.9 Å². The second-order valence-corrected chi connectivity index (χ2v) is 8.15. The molecule has 2 aliphatic rings. The summed E-state index contributed by atoms with van der Waals surface area (Å²) in [4.78, 5) is 13.2. The molecule has 0 saturated carbocycles. The smallest absolute Gasteiger partial charge is 0.288 e. The molecule has 4 aromatic rings. The Morgan fingerprint density at radius 2 is 1.84 bits per heavy atom. The SMILES string of the molecule is CN1CCN(c2cc(F)c3c(c2)nc(Cc2ccc4c(c2)OCO4)n2nc([N])nc32)CC1. The van der Waals surface area contributed by atoms with E-state index in [1.165, 1.54) is 10.6 Å². The number of rotatable bonds is 3. The summed E-state index contributed by atoms with van der Waals surface area (Å²) in [7, 11) is 2.08. The van der Waals surface area contributed by atoms with E-state index >= 15 is 4.39 Å². The van der Waals surface area contributed by atoms with E-state index in [1.54, 1.807) is 0 Å². The van der Waals surface area contributed by atoms with Crippen LogP contribution in [-0.4, -0.2) is 64.5 Å². The van der Waals surface area contributed by atoms with Gasteiger partial charge >= 0.3 is 0 Å². The van der Waals surface area contributed by atoms with Crippen LogP contribution in [0, 0.1) is 5.82 Å². The molecule has 4 heterocycles. The van der Waals surface area contributed by atoms with Crippen LogP contribution in [0.15, 0.2) is 30.3 Å². The van der Waals surface area contributed by atoms with Crippen molar-refractivity contribution in [3.05, 3.63) is 47.5 Å². The van der Waals surface area contributed by atoms with Crippen molar-refractivity contribution in [2.24, 2.45) is 0 Å². The number of anilines is 1. The largest absolute Gasteiger partial charge is 0.454 e. The van der Waals surface area contributed by atoms with Crippen molar-refractivity contribution in [3.8, 4) is 11.5 Å². The van der Waals surface area contributed by atoms with E-state index < -0.39 is 11.8 Å². The van der Waals surface area contributed by atoms with E-state index in [0.717, 1.165) is 37.4 Å². The third-order valence-electron chi connectivity index (χ3n) is 6.04. The van der Waals surface area contributed by atoms with Crippen LogP contribution in [0.4, 0.5) is 16.0 Å². The molecule has 6 rings (SSSR count). The van der Waals surface area contributed by atoms with E-state index in [-0.39, 0.29) is 17.8 Å². The lowest BCUT2D eigenvalue weighted by Crippen LogP contribution is -2.44. The summed E-state index contributed by atoms with van der Waals surface area (Å²) in [6.07, 6.45) is 0.395. The van der Waals surface area contributed by atoms with Crippen molar-refractivity contribution in [2.45, 2.75) is 6.42 Å². The van der Waals surface area contributed by atoms with E-state index in [2.05, 4.69) is 26.9 Å². The molecule has 2 aromatic heterocycles. The van der Waals surface area contributed by atoms with Gasteiger partial charge in [0.15, 0.2) is 17.1 Å². The van der Waals surface area contributed by atoms with Gasteiger partial charge in [-0.2, -0.15) is 9.50 Å². The van der Waals surface area contributed by atoms with Crippen LogP contribution in [0.2, 0.25) is 0 Å². The first-order valence-corrected chi connectivity index (χ1v) is 10.4. The zero-order valence-corrected chi connectivity index (χ0v) is 17.5. The topological polar surface area (TPSA) is 90.3 Å². The van der Waals surface area contributed by atoms with Gasteiger partial charge in [0.2, 0.25) is 6.79 Å². The average Bonchev–Trinajstić information content (AvgIpc) is 3.39. The molecule has 2 aromatic carbocycles. The van der Waals surface area contributed by atoms with Crippen molar-refractivity contribution in [3.63, 3.8) is 0 Å². The molecule has 1 fully saturated rings. The lowest BCUT2D eigenvalue weighted by atomic mass is 10.1. The fraction of sp³-hybridized carbons (Fsp3) is 0.318. The van der Waals surface area contributed by atoms with Gasteiger partial charge in [-0.1, -0.05) is 6.07 Å². The number of benzene rings is 2. The molecule has 0 bridgehead atoms. The lowest BCUT2D eigenvalue weighted by Gasteiger charge is -2.34. The van der Waals surface area contributed by atoms with Crippen molar-refractivity contribution in [1.82, 2.24) is 30.2 Å². The zero-order valence-electron chi connectivity index (χ0n) is 17.5. The third-order valence-corrected chi connectivity index (χ3v) is 6.04. The second-order valence-electron chi connectivity index (χ2n) is 8.15. The second kappa shape index (κ2) is 7.20. The average molecular weight is 433 g/mol. The molecule has 0 spiro atoms. The maximum Gasteiger partial charge on any atom is 0.288 e. The fourth-order valence-electron chi connectivity index (χ4n) is 4.31. The highest BCUT2D eigenvalue weighted by Crippen LogP contribution is 2.34. The number of ether oxygens (including phenoxy) is 2. The molecular formula is C22H20FN7O2. The van der Waals surface area contributed by atoms with Crippen LogP contribution in [0.3, 0.4) is 0 Å². The third kappa shape index (κ3) is 3.14. The number of hydrogen-bond donors (Lipinski definition) is 0. The molecule has 0 amide bonds. The summed E-state index contributed by atoms with van der Waals surface area (Å²) in [5.74, 6) is 1.05. The highest BCUT2D eigenvalue weighted by Gasteiger charge is 2.21. The van der Waals surface area contributed by atoms with Crippen LogP contribution in [-0.2, 0) is 6.42 Å². The van der Waals surface area contributed by atoms with Crippen molar-refractivity contribution >= 4 is 28.2 Å². The Morgan fingerprint density at radius 1 is 1.03 bits per heavy atom. The Hall–Kier alpha value is -3.66. The minimum Gasteiger partial charge on any atom is -0.454 e. The summed E-state index contributed by atoms with van der Waals surface area (Å²) in [5, 5.41) is 4.29. The number of nitrogens with zero attached hydrogens (tertiary/aromatic N) is 7.